The van der Waals surface area contributed by atoms with Crippen LogP contribution < -0.4 is 0 Å². The number of nitrogens with zero attached hydrogens (tertiary/aromatic N) is 6. The van der Waals surface area contributed by atoms with E-state index < -0.39 is 24.7 Å². The maximum atomic E-state index is 2.96. The van der Waals surface area contributed by atoms with Gasteiger partial charge >= 0.3 is 0 Å². The first-order chi connectivity index (χ1) is 64.6. The van der Waals surface area contributed by atoms with E-state index in [2.05, 4.69) is 521 Å². The first-order valence-corrected chi connectivity index (χ1v) is 61.9. The van der Waals surface area contributed by atoms with Crippen molar-refractivity contribution in [3.05, 3.63) is 323 Å². The Bertz CT molecular complexity index is 7040. The van der Waals surface area contributed by atoms with Gasteiger partial charge < -0.3 is 27.4 Å². The molecular formula is C129H160N6Si3. The fourth-order valence-electron chi connectivity index (χ4n) is 33.6. The van der Waals surface area contributed by atoms with Crippen molar-refractivity contribution < 1.29 is 0 Å². The van der Waals surface area contributed by atoms with Crippen molar-refractivity contribution >= 4 is 107 Å². The van der Waals surface area contributed by atoms with Gasteiger partial charge in [-0.05, 0) is 358 Å². The predicted molar refractivity (Wildman–Crippen MR) is 604 cm³/mol. The molecule has 0 radical (unpaired) electrons. The van der Waals surface area contributed by atoms with Gasteiger partial charge in [0.15, 0.2) is 0 Å². The Kier molecular flexibility index (Phi) is 22.8. The second-order valence-corrected chi connectivity index (χ2v) is 66.4. The fraction of sp³-hybridized carbons (Fsp3) is 0.442. The number of para-hydroxylation sites is 6. The molecule has 0 aliphatic heterocycles. The minimum absolute atomic E-state index is 0.0158. The van der Waals surface area contributed by atoms with E-state index in [0.29, 0.717) is 64.3 Å². The molecule has 3 heterocycles. The van der Waals surface area contributed by atoms with Gasteiger partial charge in [0.25, 0.3) is 0 Å². The third kappa shape index (κ3) is 15.1. The summed E-state index contributed by atoms with van der Waals surface area (Å²) in [5.41, 5.74) is 33.5. The molecule has 13 aromatic rings. The SMILES string of the molecule is CC1(C)C2=CC3C(c4ccccc4)CC([Si](C)(C)N(C(C)(C)C)C(C)(C)C)C3C=C2c2ccc(-n3c4ccccc4c4ccccc43)cc21.CC1C(C)C([Si](C)(C)N(C(C)(C)C)C(C)(C)C)C2C=C3C(=CC12)C(C)(C)c1cc(-n2c4ccccc4c4ccccc42)ccc13.CC1CC2C=C3C(=CC2C1[Si](C)(C)N(C(C)(C)C)C(C)(C)C)c1ccc(-n2c4ccccc4c4ccccc42)cc1C3(C)C. The summed E-state index contributed by atoms with van der Waals surface area (Å²) in [6, 6.07) is 86.6. The third-order valence-corrected chi connectivity index (χ3v) is 51.0. The summed E-state index contributed by atoms with van der Waals surface area (Å²) in [5, 5.41) is 7.91. The lowest BCUT2D eigenvalue weighted by molar-refractivity contribution is 0.120. The monoisotopic (exact) mass is 1880 g/mol. The van der Waals surface area contributed by atoms with E-state index in [1.54, 1.807) is 11.1 Å². The second-order valence-electron chi connectivity index (χ2n) is 53.0. The molecule has 13 unspecified atom stereocenters. The number of hydrogen-bond acceptors (Lipinski definition) is 3. The van der Waals surface area contributed by atoms with E-state index in [1.165, 1.54) is 157 Å². The quantitative estimate of drug-likeness (QED) is 0.128. The Morgan fingerprint density at radius 3 is 0.913 bits per heavy atom. The van der Waals surface area contributed by atoms with Crippen molar-refractivity contribution in [3.63, 3.8) is 0 Å². The molecule has 9 aliphatic carbocycles. The summed E-state index contributed by atoms with van der Waals surface area (Å²) in [4.78, 5) is 0. The summed E-state index contributed by atoms with van der Waals surface area (Å²) in [7, 11) is -5.72. The van der Waals surface area contributed by atoms with Crippen molar-refractivity contribution in [1.29, 1.82) is 0 Å². The van der Waals surface area contributed by atoms with Crippen LogP contribution >= 0.6 is 0 Å². The van der Waals surface area contributed by atoms with E-state index in [-0.39, 0.29) is 49.5 Å². The van der Waals surface area contributed by atoms with E-state index in [1.807, 2.05) is 0 Å². The summed E-state index contributed by atoms with van der Waals surface area (Å²) in [5.74, 6) is 6.08. The Hall–Kier alpha value is -9.43. The van der Waals surface area contributed by atoms with Gasteiger partial charge in [0.05, 0.1) is 33.1 Å². The molecule has 3 fully saturated rings. The minimum Gasteiger partial charge on any atom is -0.314 e. The van der Waals surface area contributed by atoms with Gasteiger partial charge in [0.1, 0.15) is 24.7 Å². The molecule has 3 saturated carbocycles. The lowest BCUT2D eigenvalue weighted by Gasteiger charge is -2.57. The van der Waals surface area contributed by atoms with Crippen molar-refractivity contribution in [1.82, 2.24) is 27.4 Å². The lowest BCUT2D eigenvalue weighted by Crippen LogP contribution is -2.67. The number of hydrogen-bond donors (Lipinski definition) is 0. The van der Waals surface area contributed by atoms with E-state index >= 15 is 0 Å². The summed E-state index contributed by atoms with van der Waals surface area (Å²) >= 11 is 0. The topological polar surface area (TPSA) is 24.5 Å². The molecule has 0 spiro atoms. The highest BCUT2D eigenvalue weighted by atomic mass is 28.3. The van der Waals surface area contributed by atoms with Gasteiger partial charge in [-0.2, -0.15) is 0 Å². The van der Waals surface area contributed by atoms with Crippen LogP contribution in [0.2, 0.25) is 55.9 Å². The van der Waals surface area contributed by atoms with Crippen LogP contribution in [-0.2, 0) is 16.2 Å². The van der Waals surface area contributed by atoms with Crippen molar-refractivity contribution in [2.75, 3.05) is 0 Å². The average Bonchev–Trinajstić information content (AvgIpc) is 1.55. The number of allylic oxidation sites excluding steroid dienone is 12. The Morgan fingerprint density at radius 2 is 0.572 bits per heavy atom. The Balaban J connectivity index is 0.000000128. The van der Waals surface area contributed by atoms with Crippen LogP contribution in [-0.4, -0.2) is 85.3 Å². The van der Waals surface area contributed by atoms with Crippen LogP contribution in [0.15, 0.2) is 284 Å². The summed E-state index contributed by atoms with van der Waals surface area (Å²) < 4.78 is 16.3. The predicted octanol–water partition coefficient (Wildman–Crippen LogP) is 34.8. The molecule has 6 nitrogen and oxygen atoms in total. The third-order valence-electron chi connectivity index (χ3n) is 35.9. The highest BCUT2D eigenvalue weighted by Gasteiger charge is 2.62. The molecule has 0 amide bonds. The molecule has 9 aliphatic rings. The highest BCUT2D eigenvalue weighted by molar-refractivity contribution is 6.77. The lowest BCUT2D eigenvalue weighted by atomic mass is 9.73. The second kappa shape index (κ2) is 32.8. The van der Waals surface area contributed by atoms with E-state index in [4.69, 9.17) is 0 Å². The van der Waals surface area contributed by atoms with Gasteiger partial charge in [-0.3, -0.25) is 0 Å². The van der Waals surface area contributed by atoms with Crippen molar-refractivity contribution in [3.8, 4) is 17.1 Å². The zero-order valence-electron chi connectivity index (χ0n) is 90.0. The molecule has 22 rings (SSSR count). The molecule has 13 atom stereocenters. The van der Waals surface area contributed by atoms with Crippen LogP contribution in [0.25, 0.3) is 99.2 Å². The first kappa shape index (κ1) is 96.1. The van der Waals surface area contributed by atoms with Crippen LogP contribution in [0.3, 0.4) is 0 Å². The molecule has 138 heavy (non-hydrogen) atoms. The van der Waals surface area contributed by atoms with Gasteiger partial charge in [-0.15, -0.1) is 0 Å². The smallest absolute Gasteiger partial charge is 0.127 e. The Morgan fingerprint density at radius 1 is 0.283 bits per heavy atom. The molecule has 0 bridgehead atoms. The Labute approximate surface area is 832 Å². The standard InChI is InChI=1S/C46H54N2Si.C42H54N2Si.C41H52N2Si/c1-44(2,3)48(45(4,5)6)49(9,10)43-29-35(30-18-12-11-13-19-30)36-28-40-37(27-38(36)43)32-25-24-31(26-39(32)46(40,7)8)47-41-22-16-14-20-33(41)34-21-15-17-23-42(34)47;1-26-27(2)39(45(11,12)44(40(3,4)5)41(6,7)8)34-24-33-29-22-21-28(23-35(29)42(9,10)36(33)25-32(26)34)43-37-19-15-13-17-30(37)31-18-14-16-20-38(31)43;1-26-22-27-23-34-33(25-32(27)38(26)44(10,11)43(39(2,3)4)40(5,6)7)29-21-20-28(24-35(29)41(34,8)9)42-36-18-14-12-16-30(36)31-17-13-15-19-37(31)42/h11-28,35-36,38,43H,29H2,1-10H3;13-27,32,34,39H,1-12H3;12-21,23-27,32,38H,22H2,1-11H3. The molecule has 0 N–H and O–H groups in total. The van der Waals surface area contributed by atoms with Crippen molar-refractivity contribution in [2.24, 2.45) is 53.3 Å². The normalized spacial score (nSPS) is 24.8. The minimum atomic E-state index is -1.97. The molecule has 10 aromatic carbocycles. The van der Waals surface area contributed by atoms with Crippen LogP contribution in [0, 0.1) is 53.3 Å². The van der Waals surface area contributed by atoms with Gasteiger partial charge in [0.2, 0.25) is 0 Å². The zero-order chi connectivity index (χ0) is 98.7. The molecule has 9 heteroatoms. The maximum absolute atomic E-state index is 2.96. The molecule has 3 aromatic heterocycles. The van der Waals surface area contributed by atoms with Gasteiger partial charge in [0, 0.05) is 98.9 Å². The zero-order valence-corrected chi connectivity index (χ0v) is 93.0. The van der Waals surface area contributed by atoms with E-state index in [0.717, 1.165) is 11.5 Å². The van der Waals surface area contributed by atoms with Gasteiger partial charge in [-0.1, -0.05) is 296 Å². The number of rotatable bonds is 10. The first-order valence-electron chi connectivity index (χ1n) is 52.8. The number of aromatic nitrogens is 3. The highest BCUT2D eigenvalue weighted by Crippen LogP contribution is 2.68. The maximum Gasteiger partial charge on any atom is 0.127 e. The van der Waals surface area contributed by atoms with Gasteiger partial charge in [-0.25, -0.2) is 0 Å². The summed E-state index contributed by atoms with van der Waals surface area (Å²) in [6.45, 7) is 82.5. The van der Waals surface area contributed by atoms with Crippen LogP contribution in [0.4, 0.5) is 0 Å². The largest absolute Gasteiger partial charge is 0.314 e. The van der Waals surface area contributed by atoms with Crippen molar-refractivity contribution in [2.45, 2.75) is 311 Å². The fourth-order valence-corrected chi connectivity index (χ4v) is 52.6. The van der Waals surface area contributed by atoms with Crippen LogP contribution in [0.1, 0.15) is 245 Å². The molecular weight excluding hydrogens is 1720 g/mol. The van der Waals surface area contributed by atoms with Crippen LogP contribution in [0.5, 0.6) is 0 Å². The van der Waals surface area contributed by atoms with E-state index in [9.17, 15) is 0 Å². The molecule has 0 saturated heterocycles. The average molecular weight is 1880 g/mol. The number of benzene rings is 10. The molecule has 718 valence electrons. The number of fused-ring (bicyclic) bond motifs is 21. The summed E-state index contributed by atoms with van der Waals surface area (Å²) in [6.07, 6.45) is 19.1.